The fourth-order valence-corrected chi connectivity index (χ4v) is 11.5. The zero-order valence-electron chi connectivity index (χ0n) is 12.1. The Morgan fingerprint density at radius 3 is 1.67 bits per heavy atom. The molecular weight excluding hydrogens is 220 g/mol. The number of rotatable bonds is 5. The molecule has 0 amide bonds. The van der Waals surface area contributed by atoms with Gasteiger partial charge in [0.15, 0.2) is 0 Å². The normalized spacial score (nSPS) is 20.8. The lowest BCUT2D eigenvalue weighted by Gasteiger charge is -2.52. The van der Waals surface area contributed by atoms with Crippen molar-refractivity contribution in [1.29, 1.82) is 0 Å². The minimum atomic E-state index is -0.438. The third kappa shape index (κ3) is 5.53. The van der Waals surface area contributed by atoms with Gasteiger partial charge in [0.25, 0.3) is 0 Å². The van der Waals surface area contributed by atoms with Crippen LogP contribution in [-0.4, -0.2) is 40.6 Å². The molecule has 0 radical (unpaired) electrons. The van der Waals surface area contributed by atoms with Gasteiger partial charge in [-0.15, -0.1) is 0 Å². The van der Waals surface area contributed by atoms with Crippen LogP contribution < -0.4 is 0 Å². The molecular formula is C13H32S2. The summed E-state index contributed by atoms with van der Waals surface area (Å²) in [5, 5.41) is 1.49. The van der Waals surface area contributed by atoms with E-state index in [1.807, 2.05) is 0 Å². The maximum atomic E-state index is 2.58. The number of unbranched alkanes of at least 4 members (excludes halogenated alkanes) is 1. The highest BCUT2D eigenvalue weighted by molar-refractivity contribution is 8.48. The van der Waals surface area contributed by atoms with Crippen molar-refractivity contribution in [3.63, 3.8) is 0 Å². The van der Waals surface area contributed by atoms with Gasteiger partial charge < -0.3 is 0 Å². The standard InChI is InChI=1S/C13H32S2/c1-9-10-11-15(8,13(2,3)4)12-14(5,6)7/h9-12H2,1-8H3. The molecule has 0 N–H and O–H groups in total. The van der Waals surface area contributed by atoms with Crippen molar-refractivity contribution < 1.29 is 0 Å². The molecule has 96 valence electrons. The second-order valence-corrected chi connectivity index (χ2v) is 16.0. The van der Waals surface area contributed by atoms with Gasteiger partial charge in [0.2, 0.25) is 0 Å². The summed E-state index contributed by atoms with van der Waals surface area (Å²) < 4.78 is 0.516. The molecule has 2 heteroatoms. The van der Waals surface area contributed by atoms with Gasteiger partial charge in [0.1, 0.15) is 0 Å². The predicted molar refractivity (Wildman–Crippen MR) is 83.3 cm³/mol. The lowest BCUT2D eigenvalue weighted by atomic mass is 10.3. The second kappa shape index (κ2) is 5.35. The van der Waals surface area contributed by atoms with Crippen LogP contribution in [0.3, 0.4) is 0 Å². The van der Waals surface area contributed by atoms with Gasteiger partial charge in [-0.05, 0) is 41.9 Å². The molecule has 0 aromatic carbocycles. The van der Waals surface area contributed by atoms with Gasteiger partial charge >= 0.3 is 0 Å². The van der Waals surface area contributed by atoms with Gasteiger partial charge in [-0.25, -0.2) is 20.1 Å². The zero-order valence-corrected chi connectivity index (χ0v) is 13.8. The molecule has 0 aromatic heterocycles. The highest BCUT2D eigenvalue weighted by atomic mass is 32.3. The minimum Gasteiger partial charge on any atom is -0.242 e. The molecule has 0 saturated carbocycles. The summed E-state index contributed by atoms with van der Waals surface area (Å²) in [4.78, 5) is 0. The molecule has 0 bridgehead atoms. The van der Waals surface area contributed by atoms with E-state index in [1.54, 1.807) is 0 Å². The van der Waals surface area contributed by atoms with E-state index in [0.29, 0.717) is 4.75 Å². The van der Waals surface area contributed by atoms with Crippen molar-refractivity contribution in [3.05, 3.63) is 0 Å². The lowest BCUT2D eigenvalue weighted by Crippen LogP contribution is -2.30. The molecule has 0 aromatic rings. The molecule has 15 heavy (non-hydrogen) atoms. The van der Waals surface area contributed by atoms with Crippen molar-refractivity contribution in [1.82, 2.24) is 0 Å². The summed E-state index contributed by atoms with van der Waals surface area (Å²) in [6, 6.07) is 0. The van der Waals surface area contributed by atoms with Crippen LogP contribution in [0.25, 0.3) is 0 Å². The molecule has 0 fully saturated rings. The van der Waals surface area contributed by atoms with E-state index >= 15 is 0 Å². The molecule has 1 atom stereocenters. The van der Waals surface area contributed by atoms with Crippen LogP contribution in [0.4, 0.5) is 0 Å². The number of hydrogen-bond acceptors (Lipinski definition) is 0. The molecule has 0 spiro atoms. The average Bonchev–Trinajstić information content (AvgIpc) is 1.95. The first kappa shape index (κ1) is 15.7. The van der Waals surface area contributed by atoms with E-state index < -0.39 is 10.0 Å². The Bertz CT molecular complexity index is 186. The second-order valence-electron chi connectivity index (χ2n) is 6.65. The molecule has 0 heterocycles. The van der Waals surface area contributed by atoms with Crippen LogP contribution >= 0.6 is 20.1 Å². The van der Waals surface area contributed by atoms with Crippen LogP contribution in [0.2, 0.25) is 0 Å². The summed E-state index contributed by atoms with van der Waals surface area (Å²) in [6.07, 6.45) is 12.7. The van der Waals surface area contributed by atoms with Crippen LogP contribution in [0, 0.1) is 0 Å². The fraction of sp³-hybridized carbons (Fsp3) is 1.00. The third-order valence-corrected chi connectivity index (χ3v) is 12.1. The topological polar surface area (TPSA) is 0 Å². The predicted octanol–water partition coefficient (Wildman–Crippen LogP) is 4.67. The molecule has 1 unspecified atom stereocenters. The van der Waals surface area contributed by atoms with E-state index in [2.05, 4.69) is 52.7 Å². The van der Waals surface area contributed by atoms with Gasteiger partial charge in [-0.2, -0.15) is 0 Å². The minimum absolute atomic E-state index is 0.358. The molecule has 0 aliphatic heterocycles. The Balaban J connectivity index is 4.71. The Kier molecular flexibility index (Phi) is 5.60. The quantitative estimate of drug-likeness (QED) is 0.667. The van der Waals surface area contributed by atoms with E-state index in [-0.39, 0.29) is 10.0 Å². The first-order valence-electron chi connectivity index (χ1n) is 5.91. The van der Waals surface area contributed by atoms with Crippen LogP contribution in [-0.2, 0) is 0 Å². The Morgan fingerprint density at radius 2 is 1.40 bits per heavy atom. The van der Waals surface area contributed by atoms with Gasteiger partial charge in [-0.1, -0.05) is 34.1 Å². The van der Waals surface area contributed by atoms with Gasteiger partial charge in [0.05, 0.1) is 0 Å². The lowest BCUT2D eigenvalue weighted by molar-refractivity contribution is 0.776. The average molecular weight is 253 g/mol. The largest absolute Gasteiger partial charge is 0.242 e. The van der Waals surface area contributed by atoms with Crippen LogP contribution in [0.15, 0.2) is 0 Å². The SMILES string of the molecule is CCCCS(C)(CS(C)(C)C)C(C)(C)C. The van der Waals surface area contributed by atoms with Crippen molar-refractivity contribution in [3.8, 4) is 0 Å². The molecule has 0 saturated heterocycles. The van der Waals surface area contributed by atoms with Crippen LogP contribution in [0.5, 0.6) is 0 Å². The van der Waals surface area contributed by atoms with E-state index in [0.717, 1.165) is 0 Å². The first-order chi connectivity index (χ1) is 6.52. The Labute approximate surface area is 101 Å². The Hall–Kier alpha value is 0.700. The number of hydrogen-bond donors (Lipinski definition) is 0. The monoisotopic (exact) mass is 252 g/mol. The summed E-state index contributed by atoms with van der Waals surface area (Å²) in [5.74, 6) is 1.47. The van der Waals surface area contributed by atoms with Crippen LogP contribution in [0.1, 0.15) is 40.5 Å². The van der Waals surface area contributed by atoms with Gasteiger partial charge in [-0.3, -0.25) is 0 Å². The molecule has 0 aliphatic carbocycles. The van der Waals surface area contributed by atoms with Crippen molar-refractivity contribution in [2.75, 3.05) is 35.9 Å². The van der Waals surface area contributed by atoms with E-state index in [4.69, 9.17) is 0 Å². The molecule has 0 rings (SSSR count). The highest BCUT2D eigenvalue weighted by Crippen LogP contribution is 2.63. The van der Waals surface area contributed by atoms with Crippen molar-refractivity contribution >= 4 is 20.1 Å². The Morgan fingerprint density at radius 1 is 0.933 bits per heavy atom. The van der Waals surface area contributed by atoms with Gasteiger partial charge in [0, 0.05) is 5.08 Å². The molecule has 0 nitrogen and oxygen atoms in total. The smallest absolute Gasteiger partial charge is 0.00724 e. The fourth-order valence-electron chi connectivity index (χ4n) is 1.79. The summed E-state index contributed by atoms with van der Waals surface area (Å²) >= 11 is 0. The maximum Gasteiger partial charge on any atom is 0.00724 e. The summed E-state index contributed by atoms with van der Waals surface area (Å²) in [6.45, 7) is 9.65. The third-order valence-electron chi connectivity index (χ3n) is 3.04. The van der Waals surface area contributed by atoms with E-state index in [9.17, 15) is 0 Å². The molecule has 0 aliphatic rings. The maximum absolute atomic E-state index is 2.58. The van der Waals surface area contributed by atoms with Crippen molar-refractivity contribution in [2.24, 2.45) is 0 Å². The van der Waals surface area contributed by atoms with Crippen molar-refractivity contribution in [2.45, 2.75) is 45.3 Å². The summed E-state index contributed by atoms with van der Waals surface area (Å²) in [7, 11) is -0.796. The highest BCUT2D eigenvalue weighted by Gasteiger charge is 2.33. The first-order valence-corrected chi connectivity index (χ1v) is 11.3. The van der Waals surface area contributed by atoms with E-state index in [1.165, 1.54) is 23.7 Å². The summed E-state index contributed by atoms with van der Waals surface area (Å²) in [5.41, 5.74) is 0. The zero-order chi connectivity index (χ0) is 12.3.